The molecule has 4 heteroatoms. The summed E-state index contributed by atoms with van der Waals surface area (Å²) in [6.07, 6.45) is 7.75. The van der Waals surface area contributed by atoms with E-state index < -0.39 is 0 Å². The lowest BCUT2D eigenvalue weighted by molar-refractivity contribution is 0.254. The molecule has 20 heavy (non-hydrogen) atoms. The van der Waals surface area contributed by atoms with Crippen LogP contribution in [0.3, 0.4) is 0 Å². The third-order valence-corrected chi connectivity index (χ3v) is 6.36. The molecule has 1 aromatic rings. The van der Waals surface area contributed by atoms with Crippen LogP contribution in [-0.4, -0.2) is 9.97 Å². The molecule has 0 aromatic carbocycles. The van der Waals surface area contributed by atoms with Crippen molar-refractivity contribution in [2.75, 3.05) is 0 Å². The van der Waals surface area contributed by atoms with Gasteiger partial charge in [0.15, 0.2) is 0 Å². The second-order valence-corrected chi connectivity index (χ2v) is 7.96. The zero-order valence-electron chi connectivity index (χ0n) is 12.3. The summed E-state index contributed by atoms with van der Waals surface area (Å²) in [5.41, 5.74) is 1.30. The minimum absolute atomic E-state index is 0.581. The Labute approximate surface area is 134 Å². The zero-order chi connectivity index (χ0) is 14.3. The smallest absolute Gasteiger partial charge is 0.144 e. The molecule has 0 spiro atoms. The van der Waals surface area contributed by atoms with E-state index in [0.717, 1.165) is 26.8 Å². The van der Waals surface area contributed by atoms with Crippen LogP contribution < -0.4 is 0 Å². The predicted octanol–water partition coefficient (Wildman–Crippen LogP) is 5.71. The maximum atomic E-state index is 5.43. The van der Waals surface area contributed by atoms with E-state index in [1.807, 2.05) is 0 Å². The molecule has 1 heterocycles. The van der Waals surface area contributed by atoms with Crippen LogP contribution in [0.4, 0.5) is 0 Å². The number of aromatic nitrogens is 2. The van der Waals surface area contributed by atoms with Gasteiger partial charge in [0, 0.05) is 17.5 Å². The van der Waals surface area contributed by atoms with Crippen LogP contribution in [0, 0.1) is 16.5 Å². The molecule has 2 saturated carbocycles. The first kappa shape index (κ1) is 14.7. The monoisotopic (exact) mass is 354 g/mol. The topological polar surface area (TPSA) is 28.7 Å². The third kappa shape index (κ3) is 3.01. The van der Waals surface area contributed by atoms with E-state index >= 15 is 0 Å². The maximum absolute atomic E-state index is 5.43. The molecule has 110 valence electrons. The number of hydrogen-bond acceptors (Lipinski definition) is 2. The molecule has 1 N–H and O–H groups in total. The van der Waals surface area contributed by atoms with Crippen LogP contribution >= 0.6 is 28.1 Å². The first-order chi connectivity index (χ1) is 9.56. The average molecular weight is 355 g/mol. The number of nitrogens with zero attached hydrogens (tertiary/aromatic N) is 1. The summed E-state index contributed by atoms with van der Waals surface area (Å²) < 4.78 is 1.77. The second kappa shape index (κ2) is 5.88. The Morgan fingerprint density at radius 2 is 1.70 bits per heavy atom. The van der Waals surface area contributed by atoms with Gasteiger partial charge >= 0.3 is 0 Å². The largest absolute Gasteiger partial charge is 0.346 e. The molecule has 2 aliphatic rings. The second-order valence-electron chi connectivity index (χ2n) is 6.78. The first-order valence-electron chi connectivity index (χ1n) is 7.86. The lowest BCUT2D eigenvalue weighted by Crippen LogP contribution is -2.19. The fourth-order valence-electron chi connectivity index (χ4n) is 3.40. The summed E-state index contributed by atoms with van der Waals surface area (Å²) in [5, 5.41) is 0. The highest BCUT2D eigenvalue weighted by molar-refractivity contribution is 9.10. The Bertz CT molecular complexity index is 540. The highest BCUT2D eigenvalue weighted by Gasteiger charge is 2.30. The lowest BCUT2D eigenvalue weighted by Gasteiger charge is -2.30. The molecule has 2 fully saturated rings. The van der Waals surface area contributed by atoms with E-state index in [4.69, 9.17) is 12.2 Å². The van der Waals surface area contributed by atoms with Gasteiger partial charge in [-0.15, -0.1) is 0 Å². The average Bonchev–Trinajstić information content (AvgIpc) is 3.26. The van der Waals surface area contributed by atoms with Crippen molar-refractivity contribution in [2.45, 2.75) is 64.2 Å². The van der Waals surface area contributed by atoms with Crippen molar-refractivity contribution >= 4 is 28.1 Å². The molecule has 3 rings (SSSR count). The lowest BCUT2D eigenvalue weighted by atomic mass is 9.76. The van der Waals surface area contributed by atoms with E-state index in [0.29, 0.717) is 11.8 Å². The van der Waals surface area contributed by atoms with Gasteiger partial charge < -0.3 is 4.98 Å². The molecule has 0 unspecified atom stereocenters. The van der Waals surface area contributed by atoms with Gasteiger partial charge in [0.05, 0.1) is 4.47 Å². The fourth-order valence-corrected chi connectivity index (χ4v) is 4.12. The number of H-pyrrole nitrogens is 1. The van der Waals surface area contributed by atoms with Crippen LogP contribution in [0.5, 0.6) is 0 Å². The molecule has 0 bridgehead atoms. The van der Waals surface area contributed by atoms with Gasteiger partial charge in [0.2, 0.25) is 0 Å². The molecular formula is C16H23BrN2S. The number of aromatic amines is 1. The number of halogens is 1. The summed E-state index contributed by atoms with van der Waals surface area (Å²) >= 11 is 9.04. The van der Waals surface area contributed by atoms with Gasteiger partial charge in [-0.2, -0.15) is 0 Å². The third-order valence-electron chi connectivity index (χ3n) is 5.00. The molecule has 2 nitrogen and oxygen atoms in total. The Hall–Kier alpha value is -0.220. The first-order valence-corrected chi connectivity index (χ1v) is 9.06. The Morgan fingerprint density at radius 1 is 1.10 bits per heavy atom. The van der Waals surface area contributed by atoms with E-state index in [2.05, 4.69) is 39.7 Å². The van der Waals surface area contributed by atoms with Crippen molar-refractivity contribution in [2.24, 2.45) is 11.8 Å². The van der Waals surface area contributed by atoms with Crippen molar-refractivity contribution in [3.63, 3.8) is 0 Å². The van der Waals surface area contributed by atoms with Gasteiger partial charge in [-0.05, 0) is 66.3 Å². The van der Waals surface area contributed by atoms with Crippen molar-refractivity contribution in [1.29, 1.82) is 0 Å². The van der Waals surface area contributed by atoms with Crippen molar-refractivity contribution in [1.82, 2.24) is 9.97 Å². The maximum Gasteiger partial charge on any atom is 0.144 e. The normalized spacial score (nSPS) is 27.0. The molecule has 0 radical (unpaired) electrons. The van der Waals surface area contributed by atoms with Gasteiger partial charge in [0.25, 0.3) is 0 Å². The molecule has 0 aliphatic heterocycles. The minimum atomic E-state index is 0.581. The molecule has 0 amide bonds. The standard InChI is InChI=1S/C16H23BrN2S/c1-9(2)10-3-7-12(8-4-10)15-18-14(11-5-6-11)13(17)16(20)19-15/h9-12H,3-8H2,1-2H3,(H,18,19,20). The van der Waals surface area contributed by atoms with Gasteiger partial charge in [-0.25, -0.2) is 4.98 Å². The number of nitrogens with one attached hydrogen (secondary N) is 1. The van der Waals surface area contributed by atoms with Crippen molar-refractivity contribution in [3.05, 3.63) is 20.6 Å². The van der Waals surface area contributed by atoms with E-state index in [-0.39, 0.29) is 0 Å². The van der Waals surface area contributed by atoms with Gasteiger partial charge in [-0.1, -0.05) is 26.1 Å². The van der Waals surface area contributed by atoms with Crippen LogP contribution in [0.25, 0.3) is 0 Å². The highest BCUT2D eigenvalue weighted by Crippen LogP contribution is 2.44. The number of hydrogen-bond donors (Lipinski definition) is 1. The summed E-state index contributed by atoms with van der Waals surface area (Å²) in [7, 11) is 0. The van der Waals surface area contributed by atoms with Crippen LogP contribution in [0.2, 0.25) is 0 Å². The molecule has 0 saturated heterocycles. The van der Waals surface area contributed by atoms with Crippen LogP contribution in [0.1, 0.15) is 75.7 Å². The Kier molecular flexibility index (Phi) is 4.32. The minimum Gasteiger partial charge on any atom is -0.346 e. The summed E-state index contributed by atoms with van der Waals surface area (Å²) in [6, 6.07) is 0. The highest BCUT2D eigenvalue weighted by atomic mass is 79.9. The molecule has 0 atom stereocenters. The van der Waals surface area contributed by atoms with Crippen LogP contribution in [0.15, 0.2) is 4.47 Å². The fraction of sp³-hybridized carbons (Fsp3) is 0.750. The summed E-state index contributed by atoms with van der Waals surface area (Å²) in [6.45, 7) is 4.70. The quantitative estimate of drug-likeness (QED) is 0.704. The van der Waals surface area contributed by atoms with Crippen LogP contribution in [-0.2, 0) is 0 Å². The van der Waals surface area contributed by atoms with E-state index in [9.17, 15) is 0 Å². The van der Waals surface area contributed by atoms with Crippen molar-refractivity contribution in [3.8, 4) is 0 Å². The van der Waals surface area contributed by atoms with E-state index in [1.165, 1.54) is 44.2 Å². The molecule has 1 aromatic heterocycles. The Morgan fingerprint density at radius 3 is 2.25 bits per heavy atom. The van der Waals surface area contributed by atoms with Crippen molar-refractivity contribution < 1.29 is 0 Å². The summed E-state index contributed by atoms with van der Waals surface area (Å²) in [4.78, 5) is 8.25. The SMILES string of the molecule is CC(C)C1CCC(c2nc(=S)c(Br)c(C3CC3)[nH]2)CC1. The van der Waals surface area contributed by atoms with Gasteiger partial charge in [0.1, 0.15) is 10.5 Å². The molecule has 2 aliphatic carbocycles. The molecular weight excluding hydrogens is 332 g/mol. The zero-order valence-corrected chi connectivity index (χ0v) is 14.7. The number of rotatable bonds is 3. The predicted molar refractivity (Wildman–Crippen MR) is 88.6 cm³/mol. The Balaban J connectivity index is 1.79. The van der Waals surface area contributed by atoms with E-state index in [1.54, 1.807) is 0 Å². The summed E-state index contributed by atoms with van der Waals surface area (Å²) in [5.74, 6) is 4.11. The van der Waals surface area contributed by atoms with Gasteiger partial charge in [-0.3, -0.25) is 0 Å².